The fourth-order valence-corrected chi connectivity index (χ4v) is 2.24. The molecule has 0 saturated carbocycles. The highest BCUT2D eigenvalue weighted by Crippen LogP contribution is 2.16. The lowest BCUT2D eigenvalue weighted by atomic mass is 10.1. The van der Waals surface area contributed by atoms with Crippen LogP contribution in [0, 0.1) is 5.82 Å². The van der Waals surface area contributed by atoms with Gasteiger partial charge in [0, 0.05) is 30.3 Å². The number of hydrogen-bond donors (Lipinski definition) is 1. The number of amides is 1. The second kappa shape index (κ2) is 6.32. The van der Waals surface area contributed by atoms with Crippen molar-refractivity contribution >= 4 is 18.0 Å². The minimum atomic E-state index is -1.14. The Kier molecular flexibility index (Phi) is 4.50. The van der Waals surface area contributed by atoms with E-state index < -0.39 is 11.8 Å². The molecule has 1 amide bonds. The summed E-state index contributed by atoms with van der Waals surface area (Å²) in [4.78, 5) is 24.3. The summed E-state index contributed by atoms with van der Waals surface area (Å²) in [6.07, 6.45) is 5.12. The molecule has 0 aromatic heterocycles. The lowest BCUT2D eigenvalue weighted by Crippen LogP contribution is -2.35. The maximum Gasteiger partial charge on any atom is 0.328 e. The number of carboxylic acids is 1. The van der Waals surface area contributed by atoms with Crippen molar-refractivity contribution in [3.05, 3.63) is 41.2 Å². The quantitative estimate of drug-likeness (QED) is 0.864. The first-order valence-electron chi connectivity index (χ1n) is 6.58. The highest BCUT2D eigenvalue weighted by molar-refractivity contribution is 5.94. The van der Waals surface area contributed by atoms with Crippen LogP contribution in [-0.4, -0.2) is 35.0 Å². The Morgan fingerprint density at radius 2 is 1.90 bits per heavy atom. The van der Waals surface area contributed by atoms with Gasteiger partial charge in [-0.25, -0.2) is 9.18 Å². The van der Waals surface area contributed by atoms with Crippen molar-refractivity contribution < 1.29 is 19.1 Å². The molecule has 1 fully saturated rings. The summed E-state index contributed by atoms with van der Waals surface area (Å²) in [6.45, 7) is 1.42. The highest BCUT2D eigenvalue weighted by atomic mass is 19.1. The van der Waals surface area contributed by atoms with Crippen LogP contribution < -0.4 is 0 Å². The summed E-state index contributed by atoms with van der Waals surface area (Å²) in [5, 5.41) is 8.51. The van der Waals surface area contributed by atoms with Gasteiger partial charge < -0.3 is 10.0 Å². The predicted molar refractivity (Wildman–Crippen MR) is 72.8 cm³/mol. The monoisotopic (exact) mass is 277 g/mol. The summed E-state index contributed by atoms with van der Waals surface area (Å²) < 4.78 is 13.8. The molecule has 20 heavy (non-hydrogen) atoms. The average Bonchev–Trinajstić information content (AvgIpc) is 2.46. The van der Waals surface area contributed by atoms with Gasteiger partial charge in [0.15, 0.2) is 0 Å². The number of carbonyl (C=O) groups excluding carboxylic acids is 1. The zero-order valence-corrected chi connectivity index (χ0v) is 11.0. The Morgan fingerprint density at radius 1 is 1.20 bits per heavy atom. The maximum absolute atomic E-state index is 13.8. The van der Waals surface area contributed by atoms with Crippen molar-refractivity contribution in [2.75, 3.05) is 13.1 Å². The molecule has 0 spiro atoms. The van der Waals surface area contributed by atoms with Gasteiger partial charge in [0.1, 0.15) is 5.82 Å². The van der Waals surface area contributed by atoms with E-state index >= 15 is 0 Å². The largest absolute Gasteiger partial charge is 0.478 e. The van der Waals surface area contributed by atoms with Crippen LogP contribution in [0.3, 0.4) is 0 Å². The van der Waals surface area contributed by atoms with Gasteiger partial charge in [-0.1, -0.05) is 6.07 Å². The zero-order chi connectivity index (χ0) is 14.5. The molecule has 0 radical (unpaired) electrons. The average molecular weight is 277 g/mol. The minimum Gasteiger partial charge on any atom is -0.478 e. The van der Waals surface area contributed by atoms with Crippen molar-refractivity contribution in [1.82, 2.24) is 4.90 Å². The van der Waals surface area contributed by atoms with Gasteiger partial charge in [0.05, 0.1) is 0 Å². The first-order chi connectivity index (χ1) is 9.58. The number of hydrogen-bond acceptors (Lipinski definition) is 2. The normalized spacial score (nSPS) is 15.6. The number of carboxylic acid groups (broad SMARTS) is 1. The molecule has 4 nitrogen and oxygen atoms in total. The third-order valence-corrected chi connectivity index (χ3v) is 3.30. The van der Waals surface area contributed by atoms with Crippen LogP contribution in [-0.2, 0) is 4.79 Å². The number of piperidine rings is 1. The number of aliphatic carboxylic acids is 1. The van der Waals surface area contributed by atoms with E-state index in [4.69, 9.17) is 5.11 Å². The number of carbonyl (C=O) groups is 2. The van der Waals surface area contributed by atoms with Crippen LogP contribution in [0.25, 0.3) is 6.08 Å². The molecule has 1 aromatic carbocycles. The number of nitrogens with zero attached hydrogens (tertiary/aromatic N) is 1. The van der Waals surface area contributed by atoms with Crippen LogP contribution in [0.5, 0.6) is 0 Å². The van der Waals surface area contributed by atoms with E-state index in [1.54, 1.807) is 4.90 Å². The highest BCUT2D eigenvalue weighted by Gasteiger charge is 2.18. The number of likely N-dealkylation sites (tertiary alicyclic amines) is 1. The smallest absolute Gasteiger partial charge is 0.328 e. The van der Waals surface area contributed by atoms with E-state index in [1.165, 1.54) is 24.3 Å². The van der Waals surface area contributed by atoms with Crippen molar-refractivity contribution in [1.29, 1.82) is 0 Å². The molecular formula is C15H16FNO3. The fraction of sp³-hybridized carbons (Fsp3) is 0.333. The van der Waals surface area contributed by atoms with E-state index in [9.17, 15) is 14.0 Å². The Labute approximate surface area is 116 Å². The third-order valence-electron chi connectivity index (χ3n) is 3.30. The summed E-state index contributed by atoms with van der Waals surface area (Å²) in [5.74, 6) is -1.90. The Bertz CT molecular complexity index is 548. The lowest BCUT2D eigenvalue weighted by molar-refractivity contribution is -0.131. The molecule has 0 unspecified atom stereocenters. The van der Waals surface area contributed by atoms with Crippen molar-refractivity contribution in [2.24, 2.45) is 0 Å². The van der Waals surface area contributed by atoms with Gasteiger partial charge in [0.2, 0.25) is 0 Å². The van der Waals surface area contributed by atoms with Gasteiger partial charge in [-0.05, 0) is 37.5 Å². The van der Waals surface area contributed by atoms with Gasteiger partial charge in [-0.3, -0.25) is 4.79 Å². The molecule has 2 rings (SSSR count). The summed E-state index contributed by atoms with van der Waals surface area (Å²) >= 11 is 0. The second-order valence-electron chi connectivity index (χ2n) is 4.76. The van der Waals surface area contributed by atoms with Crippen LogP contribution in [0.1, 0.15) is 35.2 Å². The Morgan fingerprint density at radius 3 is 2.50 bits per heavy atom. The molecule has 1 N–H and O–H groups in total. The Balaban J connectivity index is 2.15. The van der Waals surface area contributed by atoms with Gasteiger partial charge >= 0.3 is 5.97 Å². The molecule has 1 aliphatic heterocycles. The second-order valence-corrected chi connectivity index (χ2v) is 4.76. The first kappa shape index (κ1) is 14.2. The topological polar surface area (TPSA) is 57.6 Å². The Hall–Kier alpha value is -2.17. The van der Waals surface area contributed by atoms with Crippen molar-refractivity contribution in [3.8, 4) is 0 Å². The molecule has 1 aliphatic rings. The zero-order valence-electron chi connectivity index (χ0n) is 11.0. The summed E-state index contributed by atoms with van der Waals surface area (Å²) in [7, 11) is 0. The van der Waals surface area contributed by atoms with Gasteiger partial charge in [0.25, 0.3) is 5.91 Å². The SMILES string of the molecule is O=C(O)C=Cc1ccc(C(=O)N2CCCCC2)cc1F. The third kappa shape index (κ3) is 3.44. The molecule has 106 valence electrons. The summed E-state index contributed by atoms with van der Waals surface area (Å²) in [6, 6.07) is 4.12. The predicted octanol–water partition coefficient (Wildman–Crippen LogP) is 2.55. The van der Waals surface area contributed by atoms with E-state index in [0.29, 0.717) is 18.7 Å². The molecule has 5 heteroatoms. The molecule has 0 aliphatic carbocycles. The number of halogens is 1. The van der Waals surface area contributed by atoms with Gasteiger partial charge in [-0.15, -0.1) is 0 Å². The molecule has 1 aromatic rings. The molecule has 1 heterocycles. The first-order valence-corrected chi connectivity index (χ1v) is 6.58. The van der Waals surface area contributed by atoms with Crippen LogP contribution >= 0.6 is 0 Å². The number of rotatable bonds is 3. The van der Waals surface area contributed by atoms with Crippen LogP contribution in [0.15, 0.2) is 24.3 Å². The lowest BCUT2D eigenvalue weighted by Gasteiger charge is -2.26. The van der Waals surface area contributed by atoms with Crippen LogP contribution in [0.4, 0.5) is 4.39 Å². The fourth-order valence-electron chi connectivity index (χ4n) is 2.24. The molecule has 1 saturated heterocycles. The van der Waals surface area contributed by atoms with E-state index in [0.717, 1.165) is 25.3 Å². The van der Waals surface area contributed by atoms with E-state index in [-0.39, 0.29) is 11.5 Å². The molecule has 0 atom stereocenters. The standard InChI is InChI=1S/C15H16FNO3/c16-13-10-12(5-4-11(13)6-7-14(18)19)15(20)17-8-2-1-3-9-17/h4-7,10H,1-3,8-9H2,(H,18,19). The minimum absolute atomic E-state index is 0.155. The number of benzene rings is 1. The van der Waals surface area contributed by atoms with Crippen molar-refractivity contribution in [3.63, 3.8) is 0 Å². The maximum atomic E-state index is 13.8. The van der Waals surface area contributed by atoms with Crippen molar-refractivity contribution in [2.45, 2.75) is 19.3 Å². The van der Waals surface area contributed by atoms with Crippen LogP contribution in [0.2, 0.25) is 0 Å². The summed E-state index contributed by atoms with van der Waals surface area (Å²) in [5.41, 5.74) is 0.458. The van der Waals surface area contributed by atoms with E-state index in [1.807, 2.05) is 0 Å². The van der Waals surface area contributed by atoms with E-state index in [2.05, 4.69) is 0 Å². The van der Waals surface area contributed by atoms with Gasteiger partial charge in [-0.2, -0.15) is 0 Å². The molecule has 0 bridgehead atoms. The molecular weight excluding hydrogens is 261 g/mol.